The summed E-state index contributed by atoms with van der Waals surface area (Å²) in [4.78, 5) is 44.0. The normalized spacial score (nSPS) is 11.1. The first-order chi connectivity index (χ1) is 12.8. The van der Waals surface area contributed by atoms with Crippen LogP contribution in [0.5, 0.6) is 0 Å². The lowest BCUT2D eigenvalue weighted by Gasteiger charge is -2.14. The Morgan fingerprint density at radius 2 is 2.04 bits per heavy atom. The van der Waals surface area contributed by atoms with Crippen molar-refractivity contribution in [1.29, 1.82) is 0 Å². The Morgan fingerprint density at radius 3 is 2.67 bits per heavy atom. The number of nitrogens with one attached hydrogen (secondary N) is 2. The predicted molar refractivity (Wildman–Crippen MR) is 101 cm³/mol. The van der Waals surface area contributed by atoms with Crippen molar-refractivity contribution in [2.45, 2.75) is 33.2 Å². The first kappa shape index (κ1) is 18.5. The number of hydrogen-bond acceptors (Lipinski definition) is 4. The van der Waals surface area contributed by atoms with E-state index in [2.05, 4.69) is 15.3 Å². The van der Waals surface area contributed by atoms with E-state index in [1.807, 2.05) is 13.8 Å². The number of hydrogen-bond donors (Lipinski definition) is 2. The Kier molecular flexibility index (Phi) is 4.89. The summed E-state index contributed by atoms with van der Waals surface area (Å²) in [6.07, 6.45) is 0. The number of amides is 1. The van der Waals surface area contributed by atoms with Crippen molar-refractivity contribution in [3.05, 3.63) is 68.2 Å². The Morgan fingerprint density at radius 1 is 1.30 bits per heavy atom. The highest BCUT2D eigenvalue weighted by Gasteiger charge is 2.20. The molecule has 3 rings (SSSR count). The van der Waals surface area contributed by atoms with E-state index in [4.69, 9.17) is 0 Å². The Labute approximate surface area is 153 Å². The highest BCUT2D eigenvalue weighted by Crippen LogP contribution is 2.21. The maximum absolute atomic E-state index is 13.4. The van der Waals surface area contributed by atoms with E-state index in [1.165, 1.54) is 28.8 Å². The van der Waals surface area contributed by atoms with Gasteiger partial charge in [-0.15, -0.1) is 0 Å². The van der Waals surface area contributed by atoms with Gasteiger partial charge in [-0.1, -0.05) is 19.9 Å². The molecule has 0 spiro atoms. The molecule has 0 aliphatic heterocycles. The zero-order valence-corrected chi connectivity index (χ0v) is 15.2. The maximum atomic E-state index is 13.4. The van der Waals surface area contributed by atoms with Crippen LogP contribution in [0.2, 0.25) is 0 Å². The number of aromatic amines is 1. The third-order valence-electron chi connectivity index (χ3n) is 4.20. The molecule has 2 aromatic heterocycles. The van der Waals surface area contributed by atoms with Crippen molar-refractivity contribution in [1.82, 2.24) is 14.5 Å². The second kappa shape index (κ2) is 7.14. The average molecular weight is 370 g/mol. The average Bonchev–Trinajstić information content (AvgIpc) is 2.60. The molecule has 0 saturated carbocycles. The summed E-state index contributed by atoms with van der Waals surface area (Å²) in [5.41, 5.74) is -0.208. The largest absolute Gasteiger partial charge is 0.329 e. The predicted octanol–water partition coefficient (Wildman–Crippen LogP) is 2.62. The first-order valence-corrected chi connectivity index (χ1v) is 8.56. The number of pyridine rings is 1. The second-order valence-electron chi connectivity index (χ2n) is 6.42. The topological polar surface area (TPSA) is 96.9 Å². The fraction of sp³-hybridized carbons (Fsp3) is 0.263. The molecular weight excluding hydrogens is 351 g/mol. The lowest BCUT2D eigenvalue weighted by Crippen LogP contribution is -2.32. The lowest BCUT2D eigenvalue weighted by atomic mass is 10.0. The molecule has 0 atom stereocenters. The summed E-state index contributed by atoms with van der Waals surface area (Å²) in [5.74, 6) is -1.11. The quantitative estimate of drug-likeness (QED) is 0.738. The minimum atomic E-state index is -0.688. The van der Waals surface area contributed by atoms with Gasteiger partial charge >= 0.3 is 5.69 Å². The van der Waals surface area contributed by atoms with E-state index >= 15 is 0 Å². The van der Waals surface area contributed by atoms with Crippen LogP contribution in [0.3, 0.4) is 0 Å². The highest BCUT2D eigenvalue weighted by molar-refractivity contribution is 6.11. The SMILES string of the molecule is CCn1c(=O)[nH]c(=O)c2c(C(=O)Nc3cccc(F)c3)cc(C(C)C)nc21. The van der Waals surface area contributed by atoms with E-state index < -0.39 is 23.0 Å². The molecule has 2 heterocycles. The molecule has 0 aliphatic rings. The molecule has 7 nitrogen and oxygen atoms in total. The Hall–Kier alpha value is -3.29. The van der Waals surface area contributed by atoms with Crippen LogP contribution in [0.1, 0.15) is 42.7 Å². The molecule has 0 fully saturated rings. The van der Waals surface area contributed by atoms with E-state index in [1.54, 1.807) is 13.0 Å². The number of aromatic nitrogens is 3. The summed E-state index contributed by atoms with van der Waals surface area (Å²) in [7, 11) is 0. The fourth-order valence-electron chi connectivity index (χ4n) is 2.83. The van der Waals surface area contributed by atoms with E-state index in [0.29, 0.717) is 5.69 Å². The van der Waals surface area contributed by atoms with Crippen LogP contribution in [0.4, 0.5) is 10.1 Å². The molecule has 0 unspecified atom stereocenters. The number of halogens is 1. The van der Waals surface area contributed by atoms with Gasteiger partial charge in [-0.25, -0.2) is 14.2 Å². The van der Waals surface area contributed by atoms with Gasteiger partial charge in [0.1, 0.15) is 5.82 Å². The molecule has 3 aromatic rings. The molecule has 1 amide bonds. The van der Waals surface area contributed by atoms with Crippen LogP contribution in [-0.4, -0.2) is 20.4 Å². The van der Waals surface area contributed by atoms with Gasteiger partial charge in [0.25, 0.3) is 11.5 Å². The molecule has 0 radical (unpaired) electrons. The van der Waals surface area contributed by atoms with E-state index in [-0.39, 0.29) is 34.7 Å². The van der Waals surface area contributed by atoms with Crippen LogP contribution in [-0.2, 0) is 6.54 Å². The van der Waals surface area contributed by atoms with E-state index in [0.717, 1.165) is 0 Å². The van der Waals surface area contributed by atoms with Gasteiger partial charge in [0.15, 0.2) is 5.65 Å². The zero-order chi connectivity index (χ0) is 19.7. The fourth-order valence-corrected chi connectivity index (χ4v) is 2.83. The van der Waals surface area contributed by atoms with Gasteiger partial charge in [0.05, 0.1) is 10.9 Å². The zero-order valence-electron chi connectivity index (χ0n) is 15.2. The molecule has 8 heteroatoms. The Balaban J connectivity index is 2.26. The summed E-state index contributed by atoms with van der Waals surface area (Å²) < 4.78 is 14.7. The minimum absolute atomic E-state index is 0.0229. The van der Waals surface area contributed by atoms with Crippen molar-refractivity contribution < 1.29 is 9.18 Å². The van der Waals surface area contributed by atoms with Crippen LogP contribution >= 0.6 is 0 Å². The minimum Gasteiger partial charge on any atom is -0.322 e. The molecule has 0 aliphatic carbocycles. The molecule has 2 N–H and O–H groups in total. The molecule has 0 saturated heterocycles. The molecule has 0 bridgehead atoms. The lowest BCUT2D eigenvalue weighted by molar-refractivity contribution is 0.102. The first-order valence-electron chi connectivity index (χ1n) is 8.56. The number of fused-ring (bicyclic) bond motifs is 1. The van der Waals surface area contributed by atoms with Gasteiger partial charge in [-0.3, -0.25) is 19.1 Å². The molecule has 140 valence electrons. The van der Waals surface area contributed by atoms with Crippen LogP contribution in [0.25, 0.3) is 11.0 Å². The van der Waals surface area contributed by atoms with Crippen molar-refractivity contribution in [3.8, 4) is 0 Å². The van der Waals surface area contributed by atoms with Crippen LogP contribution in [0, 0.1) is 5.82 Å². The molecular formula is C19H19FN4O3. The maximum Gasteiger partial charge on any atom is 0.329 e. The third-order valence-corrected chi connectivity index (χ3v) is 4.20. The van der Waals surface area contributed by atoms with E-state index in [9.17, 15) is 18.8 Å². The van der Waals surface area contributed by atoms with Gasteiger partial charge in [-0.2, -0.15) is 0 Å². The Bertz CT molecular complexity index is 1150. The third kappa shape index (κ3) is 3.51. The molecule has 27 heavy (non-hydrogen) atoms. The van der Waals surface area contributed by atoms with Crippen molar-refractivity contribution in [3.63, 3.8) is 0 Å². The standard InChI is InChI=1S/C19H19FN4O3/c1-4-24-16-15(18(26)23-19(24)27)13(9-14(22-16)10(2)3)17(25)21-12-7-5-6-11(20)8-12/h5-10H,4H2,1-3H3,(H,21,25)(H,23,26,27). The number of anilines is 1. The van der Waals surface area contributed by atoms with Gasteiger partial charge in [0.2, 0.25) is 0 Å². The van der Waals surface area contributed by atoms with Crippen molar-refractivity contribution >= 4 is 22.6 Å². The number of benzene rings is 1. The smallest absolute Gasteiger partial charge is 0.322 e. The van der Waals surface area contributed by atoms with Gasteiger partial charge in [-0.05, 0) is 37.1 Å². The van der Waals surface area contributed by atoms with Crippen molar-refractivity contribution in [2.24, 2.45) is 0 Å². The van der Waals surface area contributed by atoms with Crippen molar-refractivity contribution in [2.75, 3.05) is 5.32 Å². The number of rotatable bonds is 4. The van der Waals surface area contributed by atoms with Crippen LogP contribution < -0.4 is 16.6 Å². The van der Waals surface area contributed by atoms with Crippen LogP contribution in [0.15, 0.2) is 39.9 Å². The second-order valence-corrected chi connectivity index (χ2v) is 6.42. The summed E-state index contributed by atoms with van der Waals surface area (Å²) in [5, 5.41) is 2.61. The highest BCUT2D eigenvalue weighted by atomic mass is 19.1. The number of carbonyl (C=O) groups is 1. The number of H-pyrrole nitrogens is 1. The summed E-state index contributed by atoms with van der Waals surface area (Å²) in [6.45, 7) is 5.81. The summed E-state index contributed by atoms with van der Waals surface area (Å²) >= 11 is 0. The number of nitrogens with zero attached hydrogens (tertiary/aromatic N) is 2. The van der Waals surface area contributed by atoms with Gasteiger partial charge in [0, 0.05) is 17.9 Å². The van der Waals surface area contributed by atoms with Gasteiger partial charge < -0.3 is 5.32 Å². The monoisotopic (exact) mass is 370 g/mol. The summed E-state index contributed by atoms with van der Waals surface area (Å²) in [6, 6.07) is 6.98. The molecule has 1 aromatic carbocycles. The number of carbonyl (C=O) groups excluding carboxylic acids is 1. The number of aryl methyl sites for hydroxylation is 1.